The molecule has 1 heterocycles. The molecule has 0 aliphatic carbocycles. The first-order chi connectivity index (χ1) is 6.41. The molecule has 0 saturated carbocycles. The normalized spacial score (nSPS) is 18.5. The van der Waals surface area contributed by atoms with E-state index in [0.717, 1.165) is 0 Å². The van der Waals surface area contributed by atoms with Crippen LogP contribution in [0.15, 0.2) is 24.7 Å². The van der Waals surface area contributed by atoms with Crippen molar-refractivity contribution in [3.8, 4) is 0 Å². The van der Waals surface area contributed by atoms with Gasteiger partial charge in [-0.2, -0.15) is 0 Å². The second-order valence-electron chi connectivity index (χ2n) is 3.00. The van der Waals surface area contributed by atoms with Crippen molar-refractivity contribution < 1.29 is 19.0 Å². The van der Waals surface area contributed by atoms with Crippen LogP contribution >= 0.6 is 0 Å². The third-order valence-electron chi connectivity index (χ3n) is 1.08. The molecular weight excluding hydrogens is 184 g/mol. The highest BCUT2D eigenvalue weighted by molar-refractivity contribution is 5.61. The largest absolute Gasteiger partial charge is 0.508 e. The number of carbonyl (C=O) groups is 1. The zero-order chi connectivity index (χ0) is 11.1. The van der Waals surface area contributed by atoms with E-state index in [1.54, 1.807) is 20.8 Å². The summed E-state index contributed by atoms with van der Waals surface area (Å²) < 4.78 is 13.8. The molecule has 0 radical (unpaired) electrons. The molecule has 0 N–H and O–H groups in total. The molecule has 1 unspecified atom stereocenters. The van der Waals surface area contributed by atoms with E-state index in [1.807, 2.05) is 0 Å². The number of allylic oxidation sites excluding steroid dienone is 2. The summed E-state index contributed by atoms with van der Waals surface area (Å²) in [5.41, 5.74) is 0. The van der Waals surface area contributed by atoms with Crippen LogP contribution in [-0.2, 0) is 14.2 Å². The van der Waals surface area contributed by atoms with E-state index < -0.39 is 6.16 Å². The maximum Gasteiger partial charge on any atom is 0.508 e. The van der Waals surface area contributed by atoms with Gasteiger partial charge in [-0.3, -0.25) is 0 Å². The SMILES string of the molecule is C=C(C)OC(=C)C.CC1COC(=O)O1. The van der Waals surface area contributed by atoms with Gasteiger partial charge in [0.25, 0.3) is 0 Å². The summed E-state index contributed by atoms with van der Waals surface area (Å²) in [4.78, 5) is 10.0. The second kappa shape index (κ2) is 6.07. The van der Waals surface area contributed by atoms with Gasteiger partial charge in [-0.1, -0.05) is 13.2 Å². The van der Waals surface area contributed by atoms with Crippen LogP contribution in [0.4, 0.5) is 4.79 Å². The van der Waals surface area contributed by atoms with Gasteiger partial charge >= 0.3 is 6.16 Å². The molecule has 0 spiro atoms. The Kier molecular flexibility index (Phi) is 5.44. The number of ether oxygens (including phenoxy) is 3. The van der Waals surface area contributed by atoms with Gasteiger partial charge in [0.05, 0.1) is 11.5 Å². The molecule has 0 aromatic heterocycles. The van der Waals surface area contributed by atoms with Crippen LogP contribution in [0, 0.1) is 0 Å². The molecular formula is C10H16O4. The monoisotopic (exact) mass is 200 g/mol. The fourth-order valence-corrected chi connectivity index (χ4v) is 0.715. The Morgan fingerprint density at radius 3 is 2.00 bits per heavy atom. The third-order valence-corrected chi connectivity index (χ3v) is 1.08. The lowest BCUT2D eigenvalue weighted by molar-refractivity contribution is 0.121. The van der Waals surface area contributed by atoms with E-state index in [4.69, 9.17) is 4.74 Å². The minimum absolute atomic E-state index is 0.0486. The lowest BCUT2D eigenvalue weighted by Gasteiger charge is -1.99. The summed E-state index contributed by atoms with van der Waals surface area (Å²) in [6.45, 7) is 12.8. The van der Waals surface area contributed by atoms with E-state index in [-0.39, 0.29) is 6.10 Å². The minimum atomic E-state index is -0.549. The maximum atomic E-state index is 10.0. The molecule has 1 aliphatic rings. The lowest BCUT2D eigenvalue weighted by Crippen LogP contribution is -2.01. The molecule has 1 atom stereocenters. The van der Waals surface area contributed by atoms with Crippen LogP contribution in [0.25, 0.3) is 0 Å². The summed E-state index contributed by atoms with van der Waals surface area (Å²) in [7, 11) is 0. The topological polar surface area (TPSA) is 44.8 Å². The zero-order valence-corrected chi connectivity index (χ0v) is 8.83. The predicted molar refractivity (Wildman–Crippen MR) is 52.6 cm³/mol. The van der Waals surface area contributed by atoms with Crippen molar-refractivity contribution in [2.24, 2.45) is 0 Å². The Morgan fingerprint density at radius 2 is 1.93 bits per heavy atom. The Morgan fingerprint density at radius 1 is 1.43 bits per heavy atom. The minimum Gasteiger partial charge on any atom is -0.468 e. The Labute approximate surface area is 84.1 Å². The van der Waals surface area contributed by atoms with Gasteiger partial charge in [-0.05, 0) is 20.8 Å². The predicted octanol–water partition coefficient (Wildman–Crippen LogP) is 2.61. The summed E-state index contributed by atoms with van der Waals surface area (Å²) in [6, 6.07) is 0. The van der Waals surface area contributed by atoms with Crippen molar-refractivity contribution in [2.45, 2.75) is 26.9 Å². The molecule has 14 heavy (non-hydrogen) atoms. The third kappa shape index (κ3) is 7.21. The fraction of sp³-hybridized carbons (Fsp3) is 0.500. The fourth-order valence-electron chi connectivity index (χ4n) is 0.715. The van der Waals surface area contributed by atoms with Crippen molar-refractivity contribution in [1.29, 1.82) is 0 Å². The highest BCUT2D eigenvalue weighted by Crippen LogP contribution is 2.02. The van der Waals surface area contributed by atoms with Crippen LogP contribution in [-0.4, -0.2) is 18.9 Å². The molecule has 0 aromatic rings. The van der Waals surface area contributed by atoms with Crippen molar-refractivity contribution in [2.75, 3.05) is 6.61 Å². The lowest BCUT2D eigenvalue weighted by atomic mass is 10.5. The van der Waals surface area contributed by atoms with Gasteiger partial charge in [0.1, 0.15) is 12.7 Å². The standard InChI is InChI=1S/C6H10O.C4H6O3/c1-5(2)7-6(3)4;1-3-2-6-4(5)7-3/h1,3H2,2,4H3;3H,2H2,1H3. The Balaban J connectivity index is 0.000000241. The number of rotatable bonds is 2. The Bertz CT molecular complexity index is 220. The van der Waals surface area contributed by atoms with Gasteiger partial charge in [0.2, 0.25) is 0 Å². The van der Waals surface area contributed by atoms with Gasteiger partial charge < -0.3 is 14.2 Å². The molecule has 80 valence electrons. The van der Waals surface area contributed by atoms with Gasteiger partial charge in [-0.15, -0.1) is 0 Å². The summed E-state index contributed by atoms with van der Waals surface area (Å²) in [5, 5.41) is 0. The van der Waals surface area contributed by atoms with Crippen LogP contribution in [0.2, 0.25) is 0 Å². The highest BCUT2D eigenvalue weighted by atomic mass is 16.8. The quantitative estimate of drug-likeness (QED) is 0.507. The van der Waals surface area contributed by atoms with E-state index in [1.165, 1.54) is 0 Å². The molecule has 0 aromatic carbocycles. The maximum absolute atomic E-state index is 10.0. The van der Waals surface area contributed by atoms with Crippen molar-refractivity contribution in [3.63, 3.8) is 0 Å². The molecule has 1 fully saturated rings. The second-order valence-corrected chi connectivity index (χ2v) is 3.00. The zero-order valence-electron chi connectivity index (χ0n) is 8.83. The van der Waals surface area contributed by atoms with E-state index >= 15 is 0 Å². The molecule has 1 saturated heterocycles. The smallest absolute Gasteiger partial charge is 0.468 e. The Hall–Kier alpha value is -1.45. The average Bonchev–Trinajstić information content (AvgIpc) is 2.32. The van der Waals surface area contributed by atoms with E-state index in [9.17, 15) is 4.79 Å². The van der Waals surface area contributed by atoms with Gasteiger partial charge in [-0.25, -0.2) is 4.79 Å². The van der Waals surface area contributed by atoms with E-state index in [0.29, 0.717) is 18.1 Å². The number of cyclic esters (lactones) is 2. The summed E-state index contributed by atoms with van der Waals surface area (Å²) >= 11 is 0. The molecule has 1 aliphatic heterocycles. The number of carbonyl (C=O) groups excluding carboxylic acids is 1. The van der Waals surface area contributed by atoms with Crippen LogP contribution in [0.3, 0.4) is 0 Å². The van der Waals surface area contributed by atoms with Crippen LogP contribution < -0.4 is 0 Å². The molecule has 1 rings (SSSR count). The van der Waals surface area contributed by atoms with E-state index in [2.05, 4.69) is 22.6 Å². The molecule has 0 bridgehead atoms. The molecule has 4 nitrogen and oxygen atoms in total. The first-order valence-corrected chi connectivity index (χ1v) is 4.24. The molecule has 0 amide bonds. The van der Waals surface area contributed by atoms with Crippen LogP contribution in [0.5, 0.6) is 0 Å². The first kappa shape index (κ1) is 12.6. The van der Waals surface area contributed by atoms with Crippen molar-refractivity contribution in [3.05, 3.63) is 24.7 Å². The highest BCUT2D eigenvalue weighted by Gasteiger charge is 2.19. The molecule has 4 heteroatoms. The van der Waals surface area contributed by atoms with Crippen molar-refractivity contribution >= 4 is 6.16 Å². The van der Waals surface area contributed by atoms with Crippen LogP contribution in [0.1, 0.15) is 20.8 Å². The summed E-state index contributed by atoms with van der Waals surface area (Å²) in [5.74, 6) is 1.38. The first-order valence-electron chi connectivity index (χ1n) is 4.24. The average molecular weight is 200 g/mol. The number of hydrogen-bond acceptors (Lipinski definition) is 4. The van der Waals surface area contributed by atoms with Crippen molar-refractivity contribution in [1.82, 2.24) is 0 Å². The van der Waals surface area contributed by atoms with Gasteiger partial charge in [0, 0.05) is 0 Å². The van der Waals surface area contributed by atoms with Gasteiger partial charge in [0.15, 0.2) is 0 Å². The summed E-state index contributed by atoms with van der Waals surface area (Å²) in [6.07, 6.45) is -0.597. The number of hydrogen-bond donors (Lipinski definition) is 0.